The molecule has 0 N–H and O–H groups in total. The molecule has 3 rings (SSSR count). The van der Waals surface area contributed by atoms with E-state index in [1.165, 1.54) is 0 Å². The molecule has 17 heavy (non-hydrogen) atoms. The Morgan fingerprint density at radius 1 is 1.24 bits per heavy atom. The zero-order valence-electron chi connectivity index (χ0n) is 8.69. The molecule has 0 atom stereocenters. The standard InChI is InChI=1S/C10H6Cl2N4O/c1-5-9-10(15-17-14-9)16(13-5)8-4-6(11)2-3-7(8)12/h2-4H,1H3. The molecular weight excluding hydrogens is 263 g/mol. The maximum absolute atomic E-state index is 6.11. The molecule has 0 unspecified atom stereocenters. The first-order chi connectivity index (χ1) is 8.16. The normalized spacial score (nSPS) is 11.2. The molecular formula is C10H6Cl2N4O. The minimum atomic E-state index is 0.520. The van der Waals surface area contributed by atoms with Crippen molar-refractivity contribution in [3.05, 3.63) is 33.9 Å². The summed E-state index contributed by atoms with van der Waals surface area (Å²) in [6, 6.07) is 5.13. The molecule has 0 fully saturated rings. The molecule has 2 heterocycles. The van der Waals surface area contributed by atoms with Gasteiger partial charge in [-0.2, -0.15) is 5.10 Å². The largest absolute Gasteiger partial charge is 0.242 e. The Labute approximate surface area is 106 Å². The van der Waals surface area contributed by atoms with Crippen molar-refractivity contribution >= 4 is 34.4 Å². The predicted octanol–water partition coefficient (Wildman–Crippen LogP) is 3.02. The molecule has 0 saturated heterocycles. The maximum Gasteiger partial charge on any atom is 0.227 e. The summed E-state index contributed by atoms with van der Waals surface area (Å²) in [6.07, 6.45) is 0. The van der Waals surface area contributed by atoms with Crippen molar-refractivity contribution in [3.63, 3.8) is 0 Å². The molecule has 86 valence electrons. The average molecular weight is 269 g/mol. The second-order valence-electron chi connectivity index (χ2n) is 3.53. The monoisotopic (exact) mass is 268 g/mol. The van der Waals surface area contributed by atoms with Crippen LogP contribution in [-0.2, 0) is 0 Å². The highest BCUT2D eigenvalue weighted by molar-refractivity contribution is 6.34. The molecule has 0 radical (unpaired) electrons. The summed E-state index contributed by atoms with van der Waals surface area (Å²) in [6.45, 7) is 1.82. The highest BCUT2D eigenvalue weighted by Crippen LogP contribution is 2.27. The SMILES string of the molecule is Cc1nn(-c2cc(Cl)ccc2Cl)c2nonc12. The van der Waals surface area contributed by atoms with Gasteiger partial charge in [0.2, 0.25) is 5.65 Å². The predicted molar refractivity (Wildman–Crippen MR) is 63.7 cm³/mol. The highest BCUT2D eigenvalue weighted by atomic mass is 35.5. The van der Waals surface area contributed by atoms with Crippen molar-refractivity contribution in [2.24, 2.45) is 0 Å². The molecule has 2 aromatic heterocycles. The summed E-state index contributed by atoms with van der Waals surface area (Å²) in [4.78, 5) is 0. The summed E-state index contributed by atoms with van der Waals surface area (Å²) in [5.41, 5.74) is 2.50. The van der Waals surface area contributed by atoms with Crippen molar-refractivity contribution in [1.29, 1.82) is 0 Å². The van der Waals surface area contributed by atoms with Gasteiger partial charge in [0.15, 0.2) is 5.52 Å². The summed E-state index contributed by atoms with van der Waals surface area (Å²) >= 11 is 12.0. The van der Waals surface area contributed by atoms with Crippen LogP contribution in [0.4, 0.5) is 0 Å². The van der Waals surface area contributed by atoms with E-state index in [0.717, 1.165) is 5.69 Å². The summed E-state index contributed by atoms with van der Waals surface area (Å²) in [5.74, 6) is 0. The van der Waals surface area contributed by atoms with Gasteiger partial charge in [-0.1, -0.05) is 23.2 Å². The van der Waals surface area contributed by atoms with Gasteiger partial charge in [-0.05, 0) is 35.4 Å². The second kappa shape index (κ2) is 3.72. The van der Waals surface area contributed by atoms with E-state index in [0.29, 0.717) is 26.9 Å². The maximum atomic E-state index is 6.11. The van der Waals surface area contributed by atoms with E-state index < -0.39 is 0 Å². The third-order valence-electron chi connectivity index (χ3n) is 2.40. The quantitative estimate of drug-likeness (QED) is 0.681. The second-order valence-corrected chi connectivity index (χ2v) is 4.37. The third-order valence-corrected chi connectivity index (χ3v) is 2.96. The number of fused-ring (bicyclic) bond motifs is 1. The van der Waals surface area contributed by atoms with Crippen molar-refractivity contribution in [2.75, 3.05) is 0 Å². The van der Waals surface area contributed by atoms with Crippen LogP contribution in [0.15, 0.2) is 22.8 Å². The number of aryl methyl sites for hydroxylation is 1. The van der Waals surface area contributed by atoms with E-state index in [-0.39, 0.29) is 0 Å². The Bertz CT molecular complexity index is 703. The summed E-state index contributed by atoms with van der Waals surface area (Å²) in [5, 5.41) is 13.0. The number of nitrogens with zero attached hydrogens (tertiary/aromatic N) is 4. The Morgan fingerprint density at radius 2 is 2.06 bits per heavy atom. The fraction of sp³-hybridized carbons (Fsp3) is 0.100. The van der Waals surface area contributed by atoms with Crippen molar-refractivity contribution in [3.8, 4) is 5.69 Å². The van der Waals surface area contributed by atoms with Gasteiger partial charge in [-0.25, -0.2) is 9.31 Å². The van der Waals surface area contributed by atoms with Gasteiger partial charge in [0, 0.05) is 5.02 Å². The molecule has 0 amide bonds. The van der Waals surface area contributed by atoms with Gasteiger partial charge in [0.25, 0.3) is 0 Å². The number of halogens is 2. The molecule has 0 bridgehead atoms. The minimum absolute atomic E-state index is 0.520. The molecule has 0 saturated carbocycles. The van der Waals surface area contributed by atoms with Crippen LogP contribution in [0, 0.1) is 6.92 Å². The van der Waals surface area contributed by atoms with Gasteiger partial charge < -0.3 is 0 Å². The van der Waals surface area contributed by atoms with Gasteiger partial charge in [0.05, 0.1) is 16.4 Å². The zero-order valence-corrected chi connectivity index (χ0v) is 10.2. The fourth-order valence-electron chi connectivity index (χ4n) is 1.61. The Hall–Kier alpha value is -1.59. The number of hydrogen-bond donors (Lipinski definition) is 0. The Balaban J connectivity index is 2.33. The topological polar surface area (TPSA) is 56.7 Å². The van der Waals surface area contributed by atoms with E-state index in [4.69, 9.17) is 23.2 Å². The van der Waals surface area contributed by atoms with E-state index in [2.05, 4.69) is 20.0 Å². The lowest BCUT2D eigenvalue weighted by Gasteiger charge is -2.04. The Kier molecular flexibility index (Phi) is 2.31. The van der Waals surface area contributed by atoms with Crippen LogP contribution in [0.5, 0.6) is 0 Å². The van der Waals surface area contributed by atoms with Gasteiger partial charge in [-0.3, -0.25) is 0 Å². The van der Waals surface area contributed by atoms with E-state index in [1.807, 2.05) is 6.92 Å². The minimum Gasteiger partial charge on any atom is -0.242 e. The van der Waals surface area contributed by atoms with Crippen LogP contribution in [0.2, 0.25) is 10.0 Å². The van der Waals surface area contributed by atoms with Crippen LogP contribution >= 0.6 is 23.2 Å². The Morgan fingerprint density at radius 3 is 2.88 bits per heavy atom. The van der Waals surface area contributed by atoms with Crippen LogP contribution in [-0.4, -0.2) is 20.1 Å². The van der Waals surface area contributed by atoms with E-state index in [9.17, 15) is 0 Å². The summed E-state index contributed by atoms with van der Waals surface area (Å²) < 4.78 is 6.25. The molecule has 5 nitrogen and oxygen atoms in total. The molecule has 3 aromatic rings. The van der Waals surface area contributed by atoms with Crippen LogP contribution in [0.3, 0.4) is 0 Å². The van der Waals surface area contributed by atoms with Gasteiger partial charge in [-0.15, -0.1) is 0 Å². The number of rotatable bonds is 1. The van der Waals surface area contributed by atoms with Gasteiger partial charge in [0.1, 0.15) is 0 Å². The molecule has 0 aliphatic heterocycles. The van der Waals surface area contributed by atoms with Crippen molar-refractivity contribution < 1.29 is 4.63 Å². The first kappa shape index (κ1) is 10.6. The lowest BCUT2D eigenvalue weighted by atomic mass is 10.3. The van der Waals surface area contributed by atoms with E-state index in [1.54, 1.807) is 22.9 Å². The van der Waals surface area contributed by atoms with E-state index >= 15 is 0 Å². The smallest absolute Gasteiger partial charge is 0.227 e. The summed E-state index contributed by atoms with van der Waals surface area (Å²) in [7, 11) is 0. The molecule has 1 aromatic carbocycles. The molecule has 0 spiro atoms. The van der Waals surface area contributed by atoms with Gasteiger partial charge >= 0.3 is 0 Å². The average Bonchev–Trinajstić information content (AvgIpc) is 2.87. The van der Waals surface area contributed by atoms with Crippen LogP contribution in [0.25, 0.3) is 16.9 Å². The molecule has 7 heteroatoms. The fourth-order valence-corrected chi connectivity index (χ4v) is 1.98. The first-order valence-corrected chi connectivity index (χ1v) is 5.56. The third kappa shape index (κ3) is 1.59. The lowest BCUT2D eigenvalue weighted by molar-refractivity contribution is 0.312. The zero-order chi connectivity index (χ0) is 12.0. The number of benzene rings is 1. The van der Waals surface area contributed by atoms with Crippen LogP contribution < -0.4 is 0 Å². The number of aromatic nitrogens is 4. The van der Waals surface area contributed by atoms with Crippen LogP contribution in [0.1, 0.15) is 5.69 Å². The first-order valence-electron chi connectivity index (χ1n) is 4.80. The highest BCUT2D eigenvalue weighted by Gasteiger charge is 2.16. The number of hydrogen-bond acceptors (Lipinski definition) is 4. The molecule has 0 aliphatic carbocycles. The molecule has 0 aliphatic rings. The van der Waals surface area contributed by atoms with Crippen molar-refractivity contribution in [1.82, 2.24) is 20.1 Å². The lowest BCUT2D eigenvalue weighted by Crippen LogP contribution is -1.98. The van der Waals surface area contributed by atoms with Crippen molar-refractivity contribution in [2.45, 2.75) is 6.92 Å².